The third-order valence-electron chi connectivity index (χ3n) is 1.90. The van der Waals surface area contributed by atoms with Crippen molar-refractivity contribution in [2.75, 3.05) is 6.61 Å². The standard InChI is InChI=1S/C10H11ClF3NO.ClH/c1-7-2-8(3-11)4-15-9(7)5-16-6-10(12,13)14;/h2,4H,3,5-6H2,1H3;1H. The molecule has 0 aromatic carbocycles. The fraction of sp³-hybridized carbons (Fsp3) is 0.500. The summed E-state index contributed by atoms with van der Waals surface area (Å²) in [6, 6.07) is 1.78. The van der Waals surface area contributed by atoms with E-state index >= 15 is 0 Å². The minimum absolute atomic E-state index is 0. The van der Waals surface area contributed by atoms with E-state index in [1.165, 1.54) is 6.20 Å². The molecular weight excluding hydrogens is 278 g/mol. The first-order valence-electron chi connectivity index (χ1n) is 4.57. The number of nitrogens with zero attached hydrogens (tertiary/aromatic N) is 1. The average molecular weight is 290 g/mol. The third-order valence-corrected chi connectivity index (χ3v) is 2.21. The fourth-order valence-electron chi connectivity index (χ4n) is 1.15. The normalized spacial score (nSPS) is 11.1. The first kappa shape index (κ1) is 16.5. The van der Waals surface area contributed by atoms with E-state index in [2.05, 4.69) is 9.72 Å². The number of hydrogen-bond acceptors (Lipinski definition) is 2. The molecule has 17 heavy (non-hydrogen) atoms. The number of pyridine rings is 1. The summed E-state index contributed by atoms with van der Waals surface area (Å²) >= 11 is 5.60. The van der Waals surface area contributed by atoms with Gasteiger partial charge in [0.2, 0.25) is 0 Å². The van der Waals surface area contributed by atoms with E-state index in [0.29, 0.717) is 11.6 Å². The molecule has 0 aliphatic rings. The molecule has 0 amide bonds. The molecule has 0 atom stereocenters. The van der Waals surface area contributed by atoms with Crippen LogP contribution in [0.15, 0.2) is 12.3 Å². The fourth-order valence-corrected chi connectivity index (χ4v) is 1.30. The average Bonchev–Trinajstić information content (AvgIpc) is 2.18. The predicted octanol–water partition coefficient (Wildman–Crippen LogP) is 3.63. The van der Waals surface area contributed by atoms with Gasteiger partial charge < -0.3 is 4.74 Å². The van der Waals surface area contributed by atoms with Crippen LogP contribution in [0, 0.1) is 6.92 Å². The molecule has 0 N–H and O–H groups in total. The second-order valence-electron chi connectivity index (χ2n) is 3.35. The molecule has 0 saturated heterocycles. The van der Waals surface area contributed by atoms with E-state index in [4.69, 9.17) is 11.6 Å². The lowest BCUT2D eigenvalue weighted by molar-refractivity contribution is -0.176. The van der Waals surface area contributed by atoms with Crippen LogP contribution in [0.25, 0.3) is 0 Å². The number of halogens is 5. The first-order valence-corrected chi connectivity index (χ1v) is 5.10. The van der Waals surface area contributed by atoms with Crippen molar-refractivity contribution < 1.29 is 17.9 Å². The van der Waals surface area contributed by atoms with E-state index in [1.54, 1.807) is 13.0 Å². The van der Waals surface area contributed by atoms with Crippen LogP contribution < -0.4 is 0 Å². The summed E-state index contributed by atoms with van der Waals surface area (Å²) in [6.07, 6.45) is -2.77. The summed E-state index contributed by atoms with van der Waals surface area (Å²) in [7, 11) is 0. The van der Waals surface area contributed by atoms with Crippen molar-refractivity contribution in [3.63, 3.8) is 0 Å². The van der Waals surface area contributed by atoms with Gasteiger partial charge in [-0.3, -0.25) is 4.98 Å². The Morgan fingerprint density at radius 2 is 2.06 bits per heavy atom. The van der Waals surface area contributed by atoms with Gasteiger partial charge in [-0.2, -0.15) is 13.2 Å². The minimum atomic E-state index is -4.30. The highest BCUT2D eigenvalue weighted by molar-refractivity contribution is 6.17. The zero-order valence-electron chi connectivity index (χ0n) is 9.05. The molecule has 98 valence electrons. The van der Waals surface area contributed by atoms with Crippen LogP contribution in [0.2, 0.25) is 0 Å². The van der Waals surface area contributed by atoms with Crippen molar-refractivity contribution >= 4 is 24.0 Å². The van der Waals surface area contributed by atoms with Crippen LogP contribution in [0.1, 0.15) is 16.8 Å². The van der Waals surface area contributed by atoms with Crippen molar-refractivity contribution in [2.45, 2.75) is 25.6 Å². The van der Waals surface area contributed by atoms with Crippen LogP contribution >= 0.6 is 24.0 Å². The molecule has 1 rings (SSSR count). The molecule has 0 spiro atoms. The lowest BCUT2D eigenvalue weighted by Gasteiger charge is -2.09. The van der Waals surface area contributed by atoms with Gasteiger partial charge in [0.15, 0.2) is 0 Å². The van der Waals surface area contributed by atoms with Crippen LogP contribution in [0.4, 0.5) is 13.2 Å². The van der Waals surface area contributed by atoms with E-state index < -0.39 is 12.8 Å². The van der Waals surface area contributed by atoms with E-state index in [-0.39, 0.29) is 19.0 Å². The molecule has 1 heterocycles. The second kappa shape index (κ2) is 7.03. The molecule has 0 bridgehead atoms. The van der Waals surface area contributed by atoms with Crippen molar-refractivity contribution in [3.8, 4) is 0 Å². The number of aryl methyl sites for hydroxylation is 1. The monoisotopic (exact) mass is 289 g/mol. The Morgan fingerprint density at radius 3 is 2.53 bits per heavy atom. The molecule has 0 saturated carbocycles. The summed E-state index contributed by atoms with van der Waals surface area (Å²) < 4.78 is 40.0. The van der Waals surface area contributed by atoms with Crippen LogP contribution in [0.3, 0.4) is 0 Å². The summed E-state index contributed by atoms with van der Waals surface area (Å²) in [5, 5.41) is 0. The number of alkyl halides is 4. The summed E-state index contributed by atoms with van der Waals surface area (Å²) in [5.74, 6) is 0.331. The molecule has 7 heteroatoms. The Hall–Kier alpha value is -0.520. The second-order valence-corrected chi connectivity index (χ2v) is 3.62. The van der Waals surface area contributed by atoms with Gasteiger partial charge in [-0.25, -0.2) is 0 Å². The molecule has 2 nitrogen and oxygen atoms in total. The smallest absolute Gasteiger partial charge is 0.366 e. The highest BCUT2D eigenvalue weighted by atomic mass is 35.5. The molecule has 0 aliphatic heterocycles. The van der Waals surface area contributed by atoms with Gasteiger partial charge in [-0.05, 0) is 18.1 Å². The van der Waals surface area contributed by atoms with Gasteiger partial charge in [0.25, 0.3) is 0 Å². The summed E-state index contributed by atoms with van der Waals surface area (Å²) in [4.78, 5) is 3.99. The lowest BCUT2D eigenvalue weighted by atomic mass is 10.2. The van der Waals surface area contributed by atoms with Crippen LogP contribution in [-0.4, -0.2) is 17.8 Å². The summed E-state index contributed by atoms with van der Waals surface area (Å²) in [5.41, 5.74) is 2.11. The maximum atomic E-state index is 11.8. The number of aromatic nitrogens is 1. The molecule has 1 aromatic rings. The van der Waals surface area contributed by atoms with Gasteiger partial charge >= 0.3 is 6.18 Å². The van der Waals surface area contributed by atoms with Crippen molar-refractivity contribution in [1.82, 2.24) is 4.98 Å². The predicted molar refractivity (Wildman–Crippen MR) is 61.5 cm³/mol. The Labute approximate surface area is 109 Å². The van der Waals surface area contributed by atoms with E-state index in [1.807, 2.05) is 0 Å². The maximum absolute atomic E-state index is 11.8. The molecule has 1 aromatic heterocycles. The third kappa shape index (κ3) is 6.10. The Balaban J connectivity index is 0.00000256. The van der Waals surface area contributed by atoms with Gasteiger partial charge in [0.05, 0.1) is 12.3 Å². The van der Waals surface area contributed by atoms with Gasteiger partial charge in [0.1, 0.15) is 6.61 Å². The van der Waals surface area contributed by atoms with Gasteiger partial charge in [-0.1, -0.05) is 6.07 Å². The minimum Gasteiger partial charge on any atom is -0.366 e. The summed E-state index contributed by atoms with van der Waals surface area (Å²) in [6.45, 7) is 0.356. The zero-order chi connectivity index (χ0) is 12.2. The van der Waals surface area contributed by atoms with Gasteiger partial charge in [-0.15, -0.1) is 24.0 Å². The number of rotatable bonds is 4. The molecule has 0 aliphatic carbocycles. The SMILES string of the molecule is Cc1cc(CCl)cnc1COCC(F)(F)F.Cl. The highest BCUT2D eigenvalue weighted by Gasteiger charge is 2.27. The van der Waals surface area contributed by atoms with Crippen molar-refractivity contribution in [2.24, 2.45) is 0 Å². The van der Waals surface area contributed by atoms with Crippen LogP contribution in [-0.2, 0) is 17.2 Å². The first-order chi connectivity index (χ1) is 7.42. The molecular formula is C10H12Cl2F3NO. The Bertz CT molecular complexity index is 358. The highest BCUT2D eigenvalue weighted by Crippen LogP contribution is 2.16. The van der Waals surface area contributed by atoms with Crippen LogP contribution in [0.5, 0.6) is 0 Å². The molecule has 0 radical (unpaired) electrons. The van der Waals surface area contributed by atoms with Gasteiger partial charge in [0, 0.05) is 12.1 Å². The topological polar surface area (TPSA) is 22.1 Å². The largest absolute Gasteiger partial charge is 0.411 e. The molecule has 0 fully saturated rings. The van der Waals surface area contributed by atoms with Crippen molar-refractivity contribution in [3.05, 3.63) is 29.1 Å². The number of ether oxygens (including phenoxy) is 1. The molecule has 0 unspecified atom stereocenters. The Morgan fingerprint density at radius 1 is 1.41 bits per heavy atom. The Kier molecular flexibility index (Phi) is 6.82. The van der Waals surface area contributed by atoms with E-state index in [0.717, 1.165) is 11.1 Å². The maximum Gasteiger partial charge on any atom is 0.411 e. The van der Waals surface area contributed by atoms with Crippen molar-refractivity contribution in [1.29, 1.82) is 0 Å². The van der Waals surface area contributed by atoms with E-state index in [9.17, 15) is 13.2 Å². The zero-order valence-corrected chi connectivity index (χ0v) is 10.6. The quantitative estimate of drug-likeness (QED) is 0.790. The number of hydrogen-bond donors (Lipinski definition) is 0. The lowest BCUT2D eigenvalue weighted by Crippen LogP contribution is -2.17.